The highest BCUT2D eigenvalue weighted by atomic mass is 16.5. The normalized spacial score (nSPS) is 12.1. The fourth-order valence-electron chi connectivity index (χ4n) is 14.3. The van der Waals surface area contributed by atoms with Gasteiger partial charge in [0.1, 0.15) is 0 Å². The van der Waals surface area contributed by atoms with E-state index < -0.39 is 5.91 Å². The third-order valence-electron chi connectivity index (χ3n) is 20.8. The average molecular weight is 1390 g/mol. The average Bonchev–Trinajstić information content (AvgIpc) is 1.58. The number of aliphatic imine (C=N–C) groups is 1. The van der Waals surface area contributed by atoms with Crippen molar-refractivity contribution in [2.24, 2.45) is 4.99 Å². The van der Waals surface area contributed by atoms with Crippen LogP contribution in [0, 0.1) is 0 Å². The van der Waals surface area contributed by atoms with Gasteiger partial charge in [-0.25, -0.2) is 4.99 Å². The molecule has 0 fully saturated rings. The van der Waals surface area contributed by atoms with Crippen LogP contribution in [-0.4, -0.2) is 61.4 Å². The molecule has 0 atom stereocenters. The fraction of sp³-hybridized carbons (Fsp3) is 0.800. The van der Waals surface area contributed by atoms with E-state index in [1.807, 2.05) is 24.3 Å². The Morgan fingerprint density at radius 3 is 0.700 bits per heavy atom. The van der Waals surface area contributed by atoms with E-state index in [9.17, 15) is 9.90 Å². The highest BCUT2D eigenvalue weighted by molar-refractivity contribution is 6.30. The zero-order valence-corrected chi connectivity index (χ0v) is 66.2. The summed E-state index contributed by atoms with van der Waals surface area (Å²) in [5.74, 6) is 3.12. The van der Waals surface area contributed by atoms with Gasteiger partial charge in [-0.1, -0.05) is 388 Å². The number of benzene rings is 2. The summed E-state index contributed by atoms with van der Waals surface area (Å²) in [7, 11) is 0. The Morgan fingerprint density at radius 2 is 0.470 bits per heavy atom. The number of amides is 1. The van der Waals surface area contributed by atoms with Crippen LogP contribution < -0.4 is 28.4 Å². The Morgan fingerprint density at radius 1 is 0.270 bits per heavy atom. The van der Waals surface area contributed by atoms with E-state index in [-0.39, 0.29) is 5.88 Å². The van der Waals surface area contributed by atoms with Crippen LogP contribution in [0.1, 0.15) is 448 Å². The molecule has 10 nitrogen and oxygen atoms in total. The van der Waals surface area contributed by atoms with E-state index in [0.29, 0.717) is 108 Å². The number of carbonyl (C=O) groups excluding carboxylic acids is 1. The lowest BCUT2D eigenvalue weighted by molar-refractivity contribution is 0.101. The van der Waals surface area contributed by atoms with Crippen molar-refractivity contribution in [3.05, 3.63) is 41.0 Å². The van der Waals surface area contributed by atoms with E-state index in [0.717, 1.165) is 77.0 Å². The maximum Gasteiger partial charge on any atom is 0.280 e. The second kappa shape index (κ2) is 62.1. The van der Waals surface area contributed by atoms with Gasteiger partial charge in [0.25, 0.3) is 5.91 Å². The molecule has 1 aliphatic heterocycles. The lowest BCUT2D eigenvalue weighted by atomic mass is 9.99. The van der Waals surface area contributed by atoms with Crippen LogP contribution in [-0.2, 0) is 0 Å². The first-order valence-electron chi connectivity index (χ1n) is 43.6. The summed E-state index contributed by atoms with van der Waals surface area (Å²) in [5.41, 5.74) is 2.90. The van der Waals surface area contributed by atoms with Crippen LogP contribution >= 0.6 is 0 Å². The first kappa shape index (κ1) is 88.1. The zero-order valence-electron chi connectivity index (χ0n) is 66.2. The quantitative estimate of drug-likeness (QED) is 0.0536. The Labute approximate surface area is 615 Å². The largest absolute Gasteiger partial charge is 0.494 e. The third kappa shape index (κ3) is 40.1. The molecule has 0 spiro atoms. The molecule has 2 N–H and O–H groups in total. The lowest BCUT2D eigenvalue weighted by Crippen LogP contribution is -2.09. The highest BCUT2D eigenvalue weighted by Gasteiger charge is 2.35. The van der Waals surface area contributed by atoms with Crippen LogP contribution in [0.25, 0.3) is 11.3 Å². The second-order valence-electron chi connectivity index (χ2n) is 30.2. The van der Waals surface area contributed by atoms with Crippen molar-refractivity contribution in [3.63, 3.8) is 0 Å². The minimum atomic E-state index is -0.416. The van der Waals surface area contributed by atoms with Crippen molar-refractivity contribution in [2.75, 3.05) is 39.6 Å². The van der Waals surface area contributed by atoms with Gasteiger partial charge < -0.3 is 38.5 Å². The Balaban J connectivity index is 1.70. The number of ether oxygens (including phenoxy) is 6. The van der Waals surface area contributed by atoms with Crippen molar-refractivity contribution in [1.82, 2.24) is 4.98 Å². The van der Waals surface area contributed by atoms with E-state index >= 15 is 0 Å². The van der Waals surface area contributed by atoms with Gasteiger partial charge in [-0.05, 0) is 62.8 Å². The van der Waals surface area contributed by atoms with Gasteiger partial charge in [0.2, 0.25) is 11.5 Å². The monoisotopic (exact) mass is 1390 g/mol. The number of rotatable bonds is 74. The van der Waals surface area contributed by atoms with Gasteiger partial charge in [0.05, 0.1) is 62.2 Å². The number of H-pyrrole nitrogens is 1. The molecule has 2 heterocycles. The van der Waals surface area contributed by atoms with Crippen molar-refractivity contribution < 1.29 is 38.3 Å². The summed E-state index contributed by atoms with van der Waals surface area (Å²) in [6.45, 7) is 17.0. The van der Waals surface area contributed by atoms with E-state index in [1.165, 1.54) is 308 Å². The maximum atomic E-state index is 14.8. The zero-order chi connectivity index (χ0) is 71.2. The smallest absolute Gasteiger partial charge is 0.280 e. The molecule has 0 bridgehead atoms. The molecule has 1 amide bonds. The van der Waals surface area contributed by atoms with Gasteiger partial charge in [-0.2, -0.15) is 0 Å². The van der Waals surface area contributed by atoms with E-state index in [1.54, 1.807) is 0 Å². The van der Waals surface area contributed by atoms with Crippen LogP contribution in [0.5, 0.6) is 40.4 Å². The minimum Gasteiger partial charge on any atom is -0.494 e. The first-order chi connectivity index (χ1) is 49.4. The van der Waals surface area contributed by atoms with Crippen molar-refractivity contribution in [3.8, 4) is 51.6 Å². The number of unbranched alkanes of at least 4 members (excludes halogenated alkanes) is 54. The predicted octanol–water partition coefficient (Wildman–Crippen LogP) is 29.2. The van der Waals surface area contributed by atoms with Crippen LogP contribution in [0.4, 0.5) is 0 Å². The maximum absolute atomic E-state index is 14.8. The van der Waals surface area contributed by atoms with Crippen molar-refractivity contribution in [1.29, 1.82) is 0 Å². The number of nitrogens with one attached hydrogen (secondary N) is 1. The molecule has 0 saturated heterocycles. The first-order valence-corrected chi connectivity index (χ1v) is 43.6. The van der Waals surface area contributed by atoms with Crippen molar-refractivity contribution in [2.45, 2.75) is 427 Å². The summed E-state index contributed by atoms with van der Waals surface area (Å²) >= 11 is 0. The van der Waals surface area contributed by atoms with Gasteiger partial charge in [0, 0.05) is 11.1 Å². The van der Waals surface area contributed by atoms with Gasteiger partial charge >= 0.3 is 0 Å². The van der Waals surface area contributed by atoms with Crippen molar-refractivity contribution >= 4 is 11.6 Å². The molecular formula is C90H156N2O8. The van der Waals surface area contributed by atoms with Gasteiger partial charge in [-0.3, -0.25) is 4.79 Å². The highest BCUT2D eigenvalue weighted by Crippen LogP contribution is 2.47. The molecular weight excluding hydrogens is 1240 g/mol. The number of aromatic hydroxyl groups is 1. The molecule has 1 aromatic heterocycles. The molecule has 0 unspecified atom stereocenters. The summed E-state index contributed by atoms with van der Waals surface area (Å²) < 4.78 is 41.0. The van der Waals surface area contributed by atoms with E-state index in [2.05, 4.69) is 46.5 Å². The number of nitrogens with zero attached hydrogens (tertiary/aromatic N) is 1. The van der Waals surface area contributed by atoms with Crippen LogP contribution in [0.2, 0.25) is 0 Å². The number of fused-ring (bicyclic) bond motifs is 1. The Bertz CT molecular complexity index is 2350. The van der Waals surface area contributed by atoms with Crippen LogP contribution in [0.15, 0.2) is 29.3 Å². The SMILES string of the molecule is CCCCCCCCCCCCOc1cc(C2=NC(=O)c3c(-c4cc(OCCCCCCCCCCCC)c(OCCCCCCCCCCCC)c(OCCCCCCCCCCCC)c4)[nH]c(O)c32)cc(OCCCCCCCCCCCC)c1OCCCCCCCCCCCC. The number of aromatic amines is 1. The van der Waals surface area contributed by atoms with Gasteiger partial charge in [-0.15, -0.1) is 0 Å². The summed E-state index contributed by atoms with van der Waals surface area (Å²) in [5, 5.41) is 12.3. The number of aromatic nitrogens is 1. The summed E-state index contributed by atoms with van der Waals surface area (Å²) in [4.78, 5) is 23.0. The molecule has 1 aliphatic rings. The molecule has 0 saturated carbocycles. The number of carbonyl (C=O) groups is 1. The summed E-state index contributed by atoms with van der Waals surface area (Å²) in [6, 6.07) is 7.94. The second-order valence-corrected chi connectivity index (χ2v) is 30.2. The van der Waals surface area contributed by atoms with Crippen LogP contribution in [0.3, 0.4) is 0 Å². The molecule has 3 aromatic rings. The molecule has 4 rings (SSSR count). The lowest BCUT2D eigenvalue weighted by Gasteiger charge is -2.19. The number of hydrogen-bond acceptors (Lipinski definition) is 8. The van der Waals surface area contributed by atoms with E-state index in [4.69, 9.17) is 33.4 Å². The minimum absolute atomic E-state index is 0.113. The fourth-order valence-corrected chi connectivity index (χ4v) is 14.3. The molecule has 2 aromatic carbocycles. The Kier molecular flexibility index (Phi) is 54.7. The molecule has 10 heteroatoms. The molecule has 0 radical (unpaired) electrons. The Hall–Kier alpha value is -4.34. The topological polar surface area (TPSA) is 121 Å². The third-order valence-corrected chi connectivity index (χ3v) is 20.8. The molecule has 100 heavy (non-hydrogen) atoms. The predicted molar refractivity (Wildman–Crippen MR) is 428 cm³/mol. The molecule has 574 valence electrons. The standard InChI is InChI=1S/C90H156N2O8/c1-7-13-19-25-31-37-43-49-55-61-67-95-79-73-77(74-80(96-68-62-56-50-44-38-32-26-20-14-8-2)87(79)99-71-65-59-53-47-41-35-29-23-17-11-5)85-83-84(90(94)91-85)86(92-89(83)93)78-75-81(97-69-63-57-51-45-39-33-27-21-15-9-3)88(100-72-66-60-54-48-42-36-30-24-18-12-6)82(76-78)98-70-64-58-52-46-40-34-28-22-16-10-4/h73-76,91,94H,7-72H2,1-6H3. The molecule has 0 aliphatic carbocycles. The van der Waals surface area contributed by atoms with Gasteiger partial charge in [0.15, 0.2) is 28.9 Å². The summed E-state index contributed by atoms with van der Waals surface area (Å²) in [6.07, 6.45) is 74.6. The number of hydrogen-bond donors (Lipinski definition) is 2.